The van der Waals surface area contributed by atoms with Crippen molar-refractivity contribution < 1.29 is 13.5 Å². The van der Waals surface area contributed by atoms with Crippen LogP contribution in [0.2, 0.25) is 0 Å². The molecule has 0 fully saturated rings. The first-order chi connectivity index (χ1) is 8.36. The highest BCUT2D eigenvalue weighted by molar-refractivity contribution is 7.91. The number of aryl methyl sites for hydroxylation is 1. The summed E-state index contributed by atoms with van der Waals surface area (Å²) < 4.78 is 23.2. The molecule has 0 radical (unpaired) electrons. The van der Waals surface area contributed by atoms with E-state index in [9.17, 15) is 13.5 Å². The Morgan fingerprint density at radius 3 is 2.28 bits per heavy atom. The molecule has 0 aliphatic heterocycles. The maximum atomic E-state index is 11.6. The predicted molar refractivity (Wildman–Crippen MR) is 72.1 cm³/mol. The van der Waals surface area contributed by atoms with Gasteiger partial charge in [-0.1, -0.05) is 19.1 Å². The van der Waals surface area contributed by atoms with Crippen molar-refractivity contribution in [2.75, 3.05) is 5.75 Å². The van der Waals surface area contributed by atoms with Crippen LogP contribution in [0.1, 0.15) is 25.8 Å². The molecule has 2 atom stereocenters. The predicted octanol–water partition coefficient (Wildman–Crippen LogP) is 1.12. The molecule has 2 unspecified atom stereocenters. The molecule has 0 saturated heterocycles. The van der Waals surface area contributed by atoms with Crippen LogP contribution in [-0.2, 0) is 16.3 Å². The Hall–Kier alpha value is -0.910. The van der Waals surface area contributed by atoms with E-state index in [4.69, 9.17) is 5.73 Å². The molecule has 0 aliphatic carbocycles. The van der Waals surface area contributed by atoms with E-state index >= 15 is 0 Å². The van der Waals surface area contributed by atoms with Gasteiger partial charge in [0.25, 0.3) is 0 Å². The molecule has 5 heteroatoms. The van der Waals surface area contributed by atoms with Crippen LogP contribution in [-0.4, -0.2) is 31.4 Å². The smallest absolute Gasteiger partial charge is 0.178 e. The topological polar surface area (TPSA) is 80.4 Å². The van der Waals surface area contributed by atoms with Crippen molar-refractivity contribution in [1.29, 1.82) is 0 Å². The average Bonchev–Trinajstić information content (AvgIpc) is 2.36. The Morgan fingerprint density at radius 2 is 1.83 bits per heavy atom. The summed E-state index contributed by atoms with van der Waals surface area (Å²) in [6.45, 7) is 3.39. The largest absolute Gasteiger partial charge is 0.392 e. The molecule has 18 heavy (non-hydrogen) atoms. The van der Waals surface area contributed by atoms with E-state index in [1.54, 1.807) is 38.1 Å². The van der Waals surface area contributed by atoms with Gasteiger partial charge in [-0.15, -0.1) is 0 Å². The fourth-order valence-corrected chi connectivity index (χ4v) is 2.49. The molecule has 4 nitrogen and oxygen atoms in total. The third-order valence-corrected chi connectivity index (χ3v) is 4.75. The first-order valence-electron chi connectivity index (χ1n) is 6.12. The van der Waals surface area contributed by atoms with Crippen LogP contribution in [0.25, 0.3) is 0 Å². The van der Waals surface area contributed by atoms with Crippen LogP contribution < -0.4 is 5.73 Å². The van der Waals surface area contributed by atoms with E-state index in [2.05, 4.69) is 0 Å². The second-order valence-corrected chi connectivity index (χ2v) is 6.79. The van der Waals surface area contributed by atoms with Crippen LogP contribution in [0.5, 0.6) is 0 Å². The van der Waals surface area contributed by atoms with Crippen LogP contribution in [0.3, 0.4) is 0 Å². The molecule has 0 spiro atoms. The number of rotatable bonds is 6. The Labute approximate surface area is 109 Å². The molecule has 0 amide bonds. The van der Waals surface area contributed by atoms with Crippen molar-refractivity contribution in [2.24, 2.45) is 5.73 Å². The van der Waals surface area contributed by atoms with Crippen LogP contribution in [0.15, 0.2) is 29.2 Å². The van der Waals surface area contributed by atoms with E-state index in [1.165, 1.54) is 0 Å². The fourth-order valence-electron chi connectivity index (χ4n) is 1.61. The standard InChI is InChI=1S/C13H21NO3S/c1-3-18(16,17)12-7-4-11(5-8-12)6-9-13(15)10(2)14/h4-5,7-8,10,13,15H,3,6,9,14H2,1-2H3. The highest BCUT2D eigenvalue weighted by Gasteiger charge is 2.12. The quantitative estimate of drug-likeness (QED) is 0.812. The van der Waals surface area contributed by atoms with E-state index in [0.29, 0.717) is 17.7 Å². The van der Waals surface area contributed by atoms with Gasteiger partial charge in [0.1, 0.15) is 0 Å². The molecule has 0 aromatic heterocycles. The molecular formula is C13H21NO3S. The Morgan fingerprint density at radius 1 is 1.28 bits per heavy atom. The minimum atomic E-state index is -3.13. The summed E-state index contributed by atoms with van der Waals surface area (Å²) in [5.41, 5.74) is 6.57. The zero-order chi connectivity index (χ0) is 13.8. The molecule has 1 aromatic rings. The lowest BCUT2D eigenvalue weighted by Gasteiger charge is -2.14. The van der Waals surface area contributed by atoms with Crippen LogP contribution in [0.4, 0.5) is 0 Å². The summed E-state index contributed by atoms with van der Waals surface area (Å²) >= 11 is 0. The first-order valence-corrected chi connectivity index (χ1v) is 7.77. The number of aliphatic hydroxyl groups is 1. The third-order valence-electron chi connectivity index (χ3n) is 3.00. The number of benzene rings is 1. The molecular weight excluding hydrogens is 250 g/mol. The van der Waals surface area contributed by atoms with Crippen molar-refractivity contribution >= 4 is 9.84 Å². The van der Waals surface area contributed by atoms with Gasteiger partial charge in [0.2, 0.25) is 0 Å². The maximum Gasteiger partial charge on any atom is 0.178 e. The van der Waals surface area contributed by atoms with E-state index in [0.717, 1.165) is 5.56 Å². The molecule has 0 saturated carbocycles. The monoisotopic (exact) mass is 271 g/mol. The van der Waals surface area contributed by atoms with Gasteiger partial charge in [-0.2, -0.15) is 0 Å². The third kappa shape index (κ3) is 4.08. The lowest BCUT2D eigenvalue weighted by atomic mass is 10.0. The van der Waals surface area contributed by atoms with Crippen LogP contribution in [0, 0.1) is 0 Å². The highest BCUT2D eigenvalue weighted by atomic mass is 32.2. The molecule has 0 aliphatic rings. The van der Waals surface area contributed by atoms with Crippen molar-refractivity contribution in [2.45, 2.75) is 43.7 Å². The Bertz CT molecular complexity index is 466. The van der Waals surface area contributed by atoms with Crippen LogP contribution >= 0.6 is 0 Å². The number of sulfone groups is 1. The zero-order valence-electron chi connectivity index (χ0n) is 10.8. The second-order valence-electron chi connectivity index (χ2n) is 4.51. The van der Waals surface area contributed by atoms with Gasteiger partial charge >= 0.3 is 0 Å². The van der Waals surface area contributed by atoms with Gasteiger partial charge < -0.3 is 10.8 Å². The number of aliphatic hydroxyl groups excluding tert-OH is 1. The van der Waals surface area contributed by atoms with E-state index in [-0.39, 0.29) is 11.8 Å². The summed E-state index contributed by atoms with van der Waals surface area (Å²) in [6.07, 6.45) is 0.747. The second kappa shape index (κ2) is 6.31. The minimum absolute atomic E-state index is 0.107. The molecule has 1 rings (SSSR count). The zero-order valence-corrected chi connectivity index (χ0v) is 11.7. The van der Waals surface area contributed by atoms with Crippen molar-refractivity contribution in [3.05, 3.63) is 29.8 Å². The lowest BCUT2D eigenvalue weighted by Crippen LogP contribution is -2.31. The number of hydrogen-bond donors (Lipinski definition) is 2. The van der Waals surface area contributed by atoms with Gasteiger partial charge in [-0.3, -0.25) is 0 Å². The Balaban J connectivity index is 2.67. The minimum Gasteiger partial charge on any atom is -0.392 e. The average molecular weight is 271 g/mol. The number of nitrogens with two attached hydrogens (primary N) is 1. The van der Waals surface area contributed by atoms with Gasteiger partial charge in [-0.05, 0) is 37.5 Å². The Kier molecular flexibility index (Phi) is 5.31. The summed E-state index contributed by atoms with van der Waals surface area (Å²) in [5.74, 6) is 0.107. The molecule has 1 aromatic carbocycles. The summed E-state index contributed by atoms with van der Waals surface area (Å²) in [7, 11) is -3.13. The lowest BCUT2D eigenvalue weighted by molar-refractivity contribution is 0.141. The van der Waals surface area contributed by atoms with Gasteiger partial charge in [-0.25, -0.2) is 8.42 Å². The van der Waals surface area contributed by atoms with Gasteiger partial charge in [0.05, 0.1) is 16.8 Å². The number of hydrogen-bond acceptors (Lipinski definition) is 4. The maximum absolute atomic E-state index is 11.6. The molecule has 102 valence electrons. The molecule has 0 heterocycles. The van der Waals surface area contributed by atoms with Gasteiger partial charge in [0, 0.05) is 6.04 Å². The molecule has 0 bridgehead atoms. The van der Waals surface area contributed by atoms with Crippen molar-refractivity contribution in [3.8, 4) is 0 Å². The normalized spacial score (nSPS) is 15.3. The first kappa shape index (κ1) is 15.1. The highest BCUT2D eigenvalue weighted by Crippen LogP contribution is 2.14. The van der Waals surface area contributed by atoms with Crippen molar-refractivity contribution in [3.63, 3.8) is 0 Å². The molecule has 3 N–H and O–H groups in total. The van der Waals surface area contributed by atoms with E-state index < -0.39 is 15.9 Å². The van der Waals surface area contributed by atoms with Gasteiger partial charge in [0.15, 0.2) is 9.84 Å². The SMILES string of the molecule is CCS(=O)(=O)c1ccc(CCC(O)C(C)N)cc1. The van der Waals surface area contributed by atoms with E-state index in [1.807, 2.05) is 0 Å². The summed E-state index contributed by atoms with van der Waals surface area (Å²) in [4.78, 5) is 0.349. The summed E-state index contributed by atoms with van der Waals surface area (Å²) in [5, 5.41) is 9.59. The fraction of sp³-hybridized carbons (Fsp3) is 0.538. The van der Waals surface area contributed by atoms with Crippen molar-refractivity contribution in [1.82, 2.24) is 0 Å². The summed E-state index contributed by atoms with van der Waals surface area (Å²) in [6, 6.07) is 6.57.